The normalized spacial score (nSPS) is 22.0. The molecule has 1 rings (SSSR count). The summed E-state index contributed by atoms with van der Waals surface area (Å²) >= 11 is 1.79. The summed E-state index contributed by atoms with van der Waals surface area (Å²) in [5.74, 6) is 0.561. The summed E-state index contributed by atoms with van der Waals surface area (Å²) in [4.78, 5) is 21.1. The predicted molar refractivity (Wildman–Crippen MR) is 50.6 cm³/mol. The smallest absolute Gasteiger partial charge is 0.328 e. The molecule has 0 radical (unpaired) electrons. The molecule has 1 amide bonds. The van der Waals surface area contributed by atoms with E-state index in [2.05, 4.69) is 5.32 Å². The maximum absolute atomic E-state index is 11.0. The number of amides is 1. The number of nitrogens with one attached hydrogen (secondary N) is 1. The molecule has 0 saturated carbocycles. The largest absolute Gasteiger partial charge is 0.478 e. The zero-order chi connectivity index (χ0) is 9.68. The van der Waals surface area contributed by atoms with Gasteiger partial charge < -0.3 is 10.4 Å². The Hall–Kier alpha value is -0.970. The third-order valence-corrected chi connectivity index (χ3v) is 2.82. The van der Waals surface area contributed by atoms with Crippen molar-refractivity contribution in [3.8, 4) is 0 Å². The van der Waals surface area contributed by atoms with Crippen LogP contribution in [0.25, 0.3) is 0 Å². The Morgan fingerprint density at radius 2 is 2.23 bits per heavy atom. The Morgan fingerprint density at radius 1 is 1.46 bits per heavy atom. The van der Waals surface area contributed by atoms with Crippen molar-refractivity contribution in [3.05, 3.63) is 12.2 Å². The van der Waals surface area contributed by atoms with E-state index in [1.807, 2.05) is 0 Å². The fraction of sp³-hybridized carbons (Fsp3) is 0.500. The molecule has 1 atom stereocenters. The maximum Gasteiger partial charge on any atom is 0.328 e. The van der Waals surface area contributed by atoms with Crippen LogP contribution >= 0.6 is 11.8 Å². The van der Waals surface area contributed by atoms with E-state index in [-0.39, 0.29) is 11.9 Å². The molecule has 0 aromatic carbocycles. The van der Waals surface area contributed by atoms with Gasteiger partial charge in [0.05, 0.1) is 0 Å². The Kier molecular flexibility index (Phi) is 3.82. The van der Waals surface area contributed by atoms with Gasteiger partial charge in [0.2, 0.25) is 5.91 Å². The van der Waals surface area contributed by atoms with Gasteiger partial charge in [0.1, 0.15) is 0 Å². The monoisotopic (exact) mass is 201 g/mol. The van der Waals surface area contributed by atoms with Gasteiger partial charge in [0, 0.05) is 23.9 Å². The SMILES string of the molecule is O=C(O)/C=C/C(=O)NC1CCSC1. The van der Waals surface area contributed by atoms with Crippen LogP contribution in [0.2, 0.25) is 0 Å². The first-order valence-electron chi connectivity index (χ1n) is 3.98. The molecule has 1 aliphatic heterocycles. The van der Waals surface area contributed by atoms with E-state index in [0.29, 0.717) is 0 Å². The molecule has 1 unspecified atom stereocenters. The van der Waals surface area contributed by atoms with Crippen LogP contribution in [0.15, 0.2) is 12.2 Å². The zero-order valence-electron chi connectivity index (χ0n) is 7.03. The van der Waals surface area contributed by atoms with E-state index < -0.39 is 5.97 Å². The summed E-state index contributed by atoms with van der Waals surface area (Å²) in [7, 11) is 0. The van der Waals surface area contributed by atoms with Crippen LogP contribution in [0.3, 0.4) is 0 Å². The predicted octanol–water partition coefficient (Wildman–Crippen LogP) is 0.249. The molecular formula is C8H11NO3S. The summed E-state index contributed by atoms with van der Waals surface area (Å²) in [6, 6.07) is 0.205. The van der Waals surface area contributed by atoms with E-state index in [1.54, 1.807) is 11.8 Å². The van der Waals surface area contributed by atoms with E-state index in [1.165, 1.54) is 0 Å². The van der Waals surface area contributed by atoms with Crippen molar-refractivity contribution in [3.63, 3.8) is 0 Å². The molecule has 2 N–H and O–H groups in total. The molecule has 0 bridgehead atoms. The second-order valence-electron chi connectivity index (χ2n) is 2.74. The summed E-state index contributed by atoms with van der Waals surface area (Å²) in [5, 5.41) is 11.0. The lowest BCUT2D eigenvalue weighted by molar-refractivity contribution is -0.131. The first-order valence-corrected chi connectivity index (χ1v) is 5.13. The Balaban J connectivity index is 2.28. The summed E-state index contributed by atoms with van der Waals surface area (Å²) in [6.45, 7) is 0. The van der Waals surface area contributed by atoms with Gasteiger partial charge in [0.25, 0.3) is 0 Å². The number of hydrogen-bond donors (Lipinski definition) is 2. The van der Waals surface area contributed by atoms with Crippen LogP contribution in [-0.4, -0.2) is 34.5 Å². The van der Waals surface area contributed by atoms with Crippen molar-refractivity contribution in [2.24, 2.45) is 0 Å². The maximum atomic E-state index is 11.0. The number of carboxylic acids is 1. The minimum atomic E-state index is -1.10. The first kappa shape index (κ1) is 10.1. The van der Waals surface area contributed by atoms with Gasteiger partial charge >= 0.3 is 5.97 Å². The lowest BCUT2D eigenvalue weighted by Crippen LogP contribution is -2.33. The van der Waals surface area contributed by atoms with Crippen molar-refractivity contribution in [1.29, 1.82) is 0 Å². The van der Waals surface area contributed by atoms with Crippen LogP contribution < -0.4 is 5.32 Å². The minimum absolute atomic E-state index is 0.205. The van der Waals surface area contributed by atoms with Crippen molar-refractivity contribution in [2.75, 3.05) is 11.5 Å². The molecule has 1 aliphatic rings. The van der Waals surface area contributed by atoms with Crippen molar-refractivity contribution in [1.82, 2.24) is 5.32 Å². The summed E-state index contributed by atoms with van der Waals surface area (Å²) in [6.07, 6.45) is 2.86. The molecule has 72 valence electrons. The fourth-order valence-electron chi connectivity index (χ4n) is 1.04. The van der Waals surface area contributed by atoms with Crippen LogP contribution in [-0.2, 0) is 9.59 Å². The lowest BCUT2D eigenvalue weighted by Gasteiger charge is -2.07. The van der Waals surface area contributed by atoms with E-state index in [0.717, 1.165) is 30.1 Å². The Labute approximate surface area is 80.4 Å². The number of aliphatic carboxylic acids is 1. The van der Waals surface area contributed by atoms with Crippen molar-refractivity contribution >= 4 is 23.6 Å². The number of carbonyl (C=O) groups excluding carboxylic acids is 1. The number of carboxylic acid groups (broad SMARTS) is 1. The highest BCUT2D eigenvalue weighted by molar-refractivity contribution is 7.99. The van der Waals surface area contributed by atoms with Gasteiger partial charge in [-0.3, -0.25) is 4.79 Å². The van der Waals surface area contributed by atoms with Gasteiger partial charge in [-0.1, -0.05) is 0 Å². The average Bonchev–Trinajstić information content (AvgIpc) is 2.53. The molecule has 1 heterocycles. The quantitative estimate of drug-likeness (QED) is 0.642. The summed E-state index contributed by atoms with van der Waals surface area (Å²) in [5.41, 5.74) is 0. The molecule has 1 saturated heterocycles. The third kappa shape index (κ3) is 3.98. The number of rotatable bonds is 3. The number of thioether (sulfide) groups is 1. The fourth-order valence-corrected chi connectivity index (χ4v) is 2.20. The molecule has 13 heavy (non-hydrogen) atoms. The zero-order valence-corrected chi connectivity index (χ0v) is 7.84. The summed E-state index contributed by atoms with van der Waals surface area (Å²) < 4.78 is 0. The molecule has 5 heteroatoms. The molecular weight excluding hydrogens is 190 g/mol. The Morgan fingerprint density at radius 3 is 2.77 bits per heavy atom. The van der Waals surface area contributed by atoms with Gasteiger partial charge in [-0.15, -0.1) is 0 Å². The second-order valence-corrected chi connectivity index (χ2v) is 3.89. The van der Waals surface area contributed by atoms with Crippen LogP contribution in [0.5, 0.6) is 0 Å². The molecule has 0 aliphatic carbocycles. The second kappa shape index (κ2) is 4.91. The number of hydrogen-bond acceptors (Lipinski definition) is 3. The van der Waals surface area contributed by atoms with Crippen LogP contribution in [0.1, 0.15) is 6.42 Å². The first-order chi connectivity index (χ1) is 6.18. The van der Waals surface area contributed by atoms with Crippen LogP contribution in [0, 0.1) is 0 Å². The topological polar surface area (TPSA) is 66.4 Å². The minimum Gasteiger partial charge on any atom is -0.478 e. The van der Waals surface area contributed by atoms with Crippen LogP contribution in [0.4, 0.5) is 0 Å². The third-order valence-electron chi connectivity index (χ3n) is 1.65. The average molecular weight is 201 g/mol. The van der Waals surface area contributed by atoms with E-state index >= 15 is 0 Å². The van der Waals surface area contributed by atoms with Gasteiger partial charge in [-0.05, 0) is 12.2 Å². The molecule has 4 nitrogen and oxygen atoms in total. The molecule has 0 spiro atoms. The highest BCUT2D eigenvalue weighted by Crippen LogP contribution is 2.16. The van der Waals surface area contributed by atoms with Crippen molar-refractivity contribution < 1.29 is 14.7 Å². The molecule has 0 aromatic rings. The molecule has 1 fully saturated rings. The van der Waals surface area contributed by atoms with Gasteiger partial charge in [-0.2, -0.15) is 11.8 Å². The Bertz CT molecular complexity index is 234. The van der Waals surface area contributed by atoms with E-state index in [9.17, 15) is 9.59 Å². The van der Waals surface area contributed by atoms with Crippen molar-refractivity contribution in [2.45, 2.75) is 12.5 Å². The lowest BCUT2D eigenvalue weighted by atomic mass is 10.2. The highest BCUT2D eigenvalue weighted by atomic mass is 32.2. The van der Waals surface area contributed by atoms with E-state index in [4.69, 9.17) is 5.11 Å². The molecule has 0 aromatic heterocycles. The van der Waals surface area contributed by atoms with Gasteiger partial charge in [0.15, 0.2) is 0 Å². The number of carbonyl (C=O) groups is 2. The highest BCUT2D eigenvalue weighted by Gasteiger charge is 2.16. The van der Waals surface area contributed by atoms with Gasteiger partial charge in [-0.25, -0.2) is 4.79 Å². The standard InChI is InChI=1S/C8H11NO3S/c10-7(1-2-8(11)12)9-6-3-4-13-5-6/h1-2,6H,3-5H2,(H,9,10)(H,11,12)/b2-1+.